The third kappa shape index (κ3) is 2.80. The number of nitrogens with zero attached hydrogens (tertiary/aromatic N) is 2. The molecule has 0 saturated carbocycles. The van der Waals surface area contributed by atoms with Gasteiger partial charge in [0.1, 0.15) is 0 Å². The van der Waals surface area contributed by atoms with Gasteiger partial charge in [-0.1, -0.05) is 36.0 Å². The van der Waals surface area contributed by atoms with E-state index in [9.17, 15) is 0 Å². The smallest absolute Gasteiger partial charge is 0.187 e. The third-order valence-corrected chi connectivity index (χ3v) is 3.08. The van der Waals surface area contributed by atoms with E-state index in [0.29, 0.717) is 0 Å². The fourth-order valence-electron chi connectivity index (χ4n) is 1.27. The Morgan fingerprint density at radius 1 is 1.07 bits per heavy atom. The molecule has 3 heteroatoms. The van der Waals surface area contributed by atoms with E-state index in [4.69, 9.17) is 0 Å². The molecule has 76 valence electrons. The normalized spacial score (nSPS) is 10.2. The standard InChI is InChI=1S/C12H12N2S/c1-10-5-2-3-6-11(10)9-15-12-13-7-4-8-14-12/h2-8H,9H2,1H3. The van der Waals surface area contributed by atoms with Crippen LogP contribution in [-0.2, 0) is 5.75 Å². The molecule has 0 aliphatic carbocycles. The quantitative estimate of drug-likeness (QED) is 0.582. The molecule has 0 N–H and O–H groups in total. The topological polar surface area (TPSA) is 25.8 Å². The number of aromatic nitrogens is 2. The summed E-state index contributed by atoms with van der Waals surface area (Å²) in [5.41, 5.74) is 2.66. The number of rotatable bonds is 3. The second-order valence-corrected chi connectivity index (χ2v) is 4.19. The minimum absolute atomic E-state index is 0.834. The van der Waals surface area contributed by atoms with Gasteiger partial charge in [-0.05, 0) is 24.1 Å². The van der Waals surface area contributed by atoms with Crippen LogP contribution in [0.2, 0.25) is 0 Å². The molecule has 0 amide bonds. The Labute approximate surface area is 93.8 Å². The first-order valence-corrected chi connectivity index (χ1v) is 5.79. The predicted octanol–water partition coefficient (Wildman–Crippen LogP) is 3.08. The van der Waals surface area contributed by atoms with Crippen molar-refractivity contribution in [2.45, 2.75) is 17.8 Å². The fraction of sp³-hybridized carbons (Fsp3) is 0.167. The van der Waals surface area contributed by atoms with Crippen molar-refractivity contribution in [2.24, 2.45) is 0 Å². The first-order valence-electron chi connectivity index (χ1n) is 4.80. The van der Waals surface area contributed by atoms with E-state index in [2.05, 4.69) is 41.2 Å². The van der Waals surface area contributed by atoms with Crippen LogP contribution in [0, 0.1) is 6.92 Å². The maximum atomic E-state index is 4.18. The van der Waals surface area contributed by atoms with Gasteiger partial charge >= 0.3 is 0 Å². The Morgan fingerprint density at radius 2 is 1.80 bits per heavy atom. The highest BCUT2D eigenvalue weighted by atomic mass is 32.2. The number of aryl methyl sites for hydroxylation is 1. The number of hydrogen-bond acceptors (Lipinski definition) is 3. The highest BCUT2D eigenvalue weighted by Crippen LogP contribution is 2.20. The zero-order valence-electron chi connectivity index (χ0n) is 8.55. The van der Waals surface area contributed by atoms with Crippen LogP contribution in [0.1, 0.15) is 11.1 Å². The monoisotopic (exact) mass is 216 g/mol. The molecule has 2 aromatic rings. The minimum Gasteiger partial charge on any atom is -0.231 e. The molecule has 0 bridgehead atoms. The van der Waals surface area contributed by atoms with Crippen LogP contribution in [0.3, 0.4) is 0 Å². The van der Waals surface area contributed by atoms with Crippen molar-refractivity contribution in [1.29, 1.82) is 0 Å². The molecule has 0 saturated heterocycles. The molecule has 0 radical (unpaired) electrons. The van der Waals surface area contributed by atoms with Gasteiger partial charge in [0, 0.05) is 18.1 Å². The van der Waals surface area contributed by atoms with Crippen molar-refractivity contribution >= 4 is 11.8 Å². The zero-order chi connectivity index (χ0) is 10.5. The van der Waals surface area contributed by atoms with E-state index in [-0.39, 0.29) is 0 Å². The zero-order valence-corrected chi connectivity index (χ0v) is 9.37. The molecule has 0 spiro atoms. The highest BCUT2D eigenvalue weighted by molar-refractivity contribution is 7.98. The molecule has 0 aliphatic heterocycles. The molecule has 2 nitrogen and oxygen atoms in total. The second kappa shape index (κ2) is 4.94. The molecular formula is C12H12N2S. The van der Waals surface area contributed by atoms with Gasteiger partial charge in [0.25, 0.3) is 0 Å². The Kier molecular flexibility index (Phi) is 3.35. The molecular weight excluding hydrogens is 204 g/mol. The number of hydrogen-bond donors (Lipinski definition) is 0. The summed E-state index contributed by atoms with van der Waals surface area (Å²) in [5.74, 6) is 0.927. The molecule has 1 aromatic heterocycles. The molecule has 0 unspecified atom stereocenters. The van der Waals surface area contributed by atoms with Gasteiger partial charge in [-0.25, -0.2) is 9.97 Å². The number of benzene rings is 1. The summed E-state index contributed by atoms with van der Waals surface area (Å²) in [4.78, 5) is 8.35. The summed E-state index contributed by atoms with van der Waals surface area (Å²) in [6.07, 6.45) is 3.54. The lowest BCUT2D eigenvalue weighted by Gasteiger charge is -2.03. The summed E-state index contributed by atoms with van der Waals surface area (Å²) >= 11 is 1.67. The molecule has 0 atom stereocenters. The first kappa shape index (κ1) is 10.2. The van der Waals surface area contributed by atoms with E-state index in [1.165, 1.54) is 11.1 Å². The largest absolute Gasteiger partial charge is 0.231 e. The molecule has 2 rings (SSSR count). The van der Waals surface area contributed by atoms with Crippen LogP contribution in [0.5, 0.6) is 0 Å². The van der Waals surface area contributed by atoms with Crippen LogP contribution in [-0.4, -0.2) is 9.97 Å². The molecule has 1 aromatic carbocycles. The maximum absolute atomic E-state index is 4.18. The van der Waals surface area contributed by atoms with Gasteiger partial charge in [0.15, 0.2) is 5.16 Å². The summed E-state index contributed by atoms with van der Waals surface area (Å²) in [6, 6.07) is 10.2. The van der Waals surface area contributed by atoms with Crippen molar-refractivity contribution in [3.05, 3.63) is 53.9 Å². The van der Waals surface area contributed by atoms with Crippen molar-refractivity contribution in [2.75, 3.05) is 0 Å². The molecule has 15 heavy (non-hydrogen) atoms. The van der Waals surface area contributed by atoms with Gasteiger partial charge < -0.3 is 0 Å². The maximum Gasteiger partial charge on any atom is 0.187 e. The van der Waals surface area contributed by atoms with Gasteiger partial charge in [-0.3, -0.25) is 0 Å². The second-order valence-electron chi connectivity index (χ2n) is 3.25. The fourth-order valence-corrected chi connectivity index (χ4v) is 2.15. The van der Waals surface area contributed by atoms with Gasteiger partial charge in [0.2, 0.25) is 0 Å². The van der Waals surface area contributed by atoms with Crippen molar-refractivity contribution in [3.63, 3.8) is 0 Å². The Hall–Kier alpha value is -1.35. The third-order valence-electron chi connectivity index (χ3n) is 2.16. The van der Waals surface area contributed by atoms with E-state index in [1.54, 1.807) is 24.2 Å². The average Bonchev–Trinajstić information content (AvgIpc) is 2.29. The Bertz CT molecular complexity index is 429. The van der Waals surface area contributed by atoms with Crippen LogP contribution in [0.15, 0.2) is 47.9 Å². The SMILES string of the molecule is Cc1ccccc1CSc1ncccn1. The summed E-state index contributed by atoms with van der Waals surface area (Å²) in [6.45, 7) is 2.13. The van der Waals surface area contributed by atoms with E-state index >= 15 is 0 Å². The lowest BCUT2D eigenvalue weighted by atomic mass is 10.1. The summed E-state index contributed by atoms with van der Waals surface area (Å²) < 4.78 is 0. The van der Waals surface area contributed by atoms with Crippen molar-refractivity contribution < 1.29 is 0 Å². The molecule has 0 aliphatic rings. The van der Waals surface area contributed by atoms with Gasteiger partial charge in [-0.15, -0.1) is 0 Å². The van der Waals surface area contributed by atoms with Gasteiger partial charge in [0.05, 0.1) is 0 Å². The number of thioether (sulfide) groups is 1. The lowest BCUT2D eigenvalue weighted by Crippen LogP contribution is -1.88. The Balaban J connectivity index is 2.03. The van der Waals surface area contributed by atoms with Crippen molar-refractivity contribution in [1.82, 2.24) is 9.97 Å². The van der Waals surface area contributed by atoms with Crippen LogP contribution in [0.25, 0.3) is 0 Å². The van der Waals surface area contributed by atoms with E-state index in [1.807, 2.05) is 6.07 Å². The van der Waals surface area contributed by atoms with E-state index in [0.717, 1.165) is 10.9 Å². The first-order chi connectivity index (χ1) is 7.36. The average molecular weight is 216 g/mol. The Morgan fingerprint density at radius 3 is 2.53 bits per heavy atom. The van der Waals surface area contributed by atoms with Crippen molar-refractivity contribution in [3.8, 4) is 0 Å². The minimum atomic E-state index is 0.834. The summed E-state index contributed by atoms with van der Waals surface area (Å²) in [7, 11) is 0. The molecule has 0 fully saturated rings. The lowest BCUT2D eigenvalue weighted by molar-refractivity contribution is 0.966. The highest BCUT2D eigenvalue weighted by Gasteiger charge is 1.99. The van der Waals surface area contributed by atoms with Crippen LogP contribution in [0.4, 0.5) is 0 Å². The predicted molar refractivity (Wildman–Crippen MR) is 62.8 cm³/mol. The summed E-state index contributed by atoms with van der Waals surface area (Å²) in [5, 5.41) is 0.834. The van der Waals surface area contributed by atoms with Crippen LogP contribution < -0.4 is 0 Å². The van der Waals surface area contributed by atoms with E-state index < -0.39 is 0 Å². The van der Waals surface area contributed by atoms with Crippen LogP contribution >= 0.6 is 11.8 Å². The molecule has 1 heterocycles. The van der Waals surface area contributed by atoms with Gasteiger partial charge in [-0.2, -0.15) is 0 Å².